The minimum Gasteiger partial charge on any atom is -0.354 e. The van der Waals surface area contributed by atoms with Crippen molar-refractivity contribution in [2.75, 3.05) is 37.7 Å². The molecule has 0 radical (unpaired) electrons. The van der Waals surface area contributed by atoms with Gasteiger partial charge < -0.3 is 10.2 Å². The maximum atomic E-state index is 14.0. The zero-order chi connectivity index (χ0) is 23.7. The van der Waals surface area contributed by atoms with Crippen molar-refractivity contribution in [3.63, 3.8) is 0 Å². The van der Waals surface area contributed by atoms with Gasteiger partial charge in [-0.2, -0.15) is 0 Å². The van der Waals surface area contributed by atoms with Gasteiger partial charge in [0.1, 0.15) is 5.82 Å². The van der Waals surface area contributed by atoms with E-state index in [1.807, 2.05) is 80.6 Å². The number of imide groups is 1. The van der Waals surface area contributed by atoms with Crippen LogP contribution in [0.15, 0.2) is 72.9 Å². The molecule has 1 aromatic heterocycles. The summed E-state index contributed by atoms with van der Waals surface area (Å²) >= 11 is 0. The zero-order valence-corrected chi connectivity index (χ0v) is 19.6. The molecule has 7 heteroatoms. The van der Waals surface area contributed by atoms with Crippen LogP contribution in [0.3, 0.4) is 0 Å². The van der Waals surface area contributed by atoms with Gasteiger partial charge in [-0.05, 0) is 48.2 Å². The number of rotatable bonds is 5. The van der Waals surface area contributed by atoms with E-state index in [-0.39, 0.29) is 18.6 Å². The van der Waals surface area contributed by atoms with Crippen LogP contribution in [0.1, 0.15) is 22.3 Å². The van der Waals surface area contributed by atoms with Crippen molar-refractivity contribution < 1.29 is 9.59 Å². The highest BCUT2D eigenvalue weighted by Crippen LogP contribution is 2.37. The van der Waals surface area contributed by atoms with Crippen LogP contribution in [0.2, 0.25) is 0 Å². The minimum absolute atomic E-state index is 0.237. The molecule has 34 heavy (non-hydrogen) atoms. The second kappa shape index (κ2) is 8.91. The molecular weight excluding hydrogens is 426 g/mol. The molecule has 2 saturated heterocycles. The largest absolute Gasteiger partial charge is 0.354 e. The van der Waals surface area contributed by atoms with Gasteiger partial charge in [-0.1, -0.05) is 54.6 Å². The molecule has 7 nitrogen and oxygen atoms in total. The minimum atomic E-state index is -1.23. The number of pyridine rings is 1. The quantitative estimate of drug-likeness (QED) is 0.598. The number of carbonyl (C=O) groups is 2. The summed E-state index contributed by atoms with van der Waals surface area (Å²) in [5.41, 5.74) is 2.54. The molecule has 1 atom stereocenters. The van der Waals surface area contributed by atoms with Crippen LogP contribution in [0, 0.1) is 13.8 Å². The number of piperazine rings is 1. The van der Waals surface area contributed by atoms with Gasteiger partial charge in [-0.15, -0.1) is 0 Å². The standard InChI is InChI=1S/C27H29N5O2/c1-20-11-12-23(18-21(20)2)27(22-8-4-3-5-9-22)25(33)32(26(34)29-27)19-30-14-16-31(17-15-30)24-10-6-7-13-28-24/h3-13,18H,14-17,19H2,1-2H3,(H,29,34)/t27-/m0/s1. The Hall–Kier alpha value is -3.71. The topological polar surface area (TPSA) is 68.8 Å². The Morgan fingerprint density at radius 1 is 0.853 bits per heavy atom. The first kappa shape index (κ1) is 22.1. The van der Waals surface area contributed by atoms with Crippen molar-refractivity contribution in [1.82, 2.24) is 20.1 Å². The third-order valence-corrected chi connectivity index (χ3v) is 6.94. The lowest BCUT2D eigenvalue weighted by atomic mass is 9.81. The Bertz CT molecular complexity index is 1190. The van der Waals surface area contributed by atoms with E-state index < -0.39 is 5.54 Å². The van der Waals surface area contributed by atoms with Crippen molar-refractivity contribution in [1.29, 1.82) is 0 Å². The van der Waals surface area contributed by atoms with E-state index in [9.17, 15) is 9.59 Å². The SMILES string of the molecule is Cc1ccc([C@]2(c3ccccc3)NC(=O)N(CN3CCN(c4ccccn4)CC3)C2=O)cc1C. The number of nitrogens with one attached hydrogen (secondary N) is 1. The molecule has 5 rings (SSSR count). The fraction of sp³-hybridized carbons (Fsp3) is 0.296. The van der Waals surface area contributed by atoms with Gasteiger partial charge in [0.25, 0.3) is 5.91 Å². The maximum Gasteiger partial charge on any atom is 0.326 e. The summed E-state index contributed by atoms with van der Waals surface area (Å²) in [4.78, 5) is 37.4. The number of nitrogens with zero attached hydrogens (tertiary/aromatic N) is 4. The van der Waals surface area contributed by atoms with Gasteiger partial charge in [-0.3, -0.25) is 9.69 Å². The Labute approximate surface area is 200 Å². The number of aromatic nitrogens is 1. The average molecular weight is 456 g/mol. The summed E-state index contributed by atoms with van der Waals surface area (Å²) in [7, 11) is 0. The van der Waals surface area contributed by atoms with Crippen LogP contribution in [0.5, 0.6) is 0 Å². The van der Waals surface area contributed by atoms with E-state index in [0.29, 0.717) is 0 Å². The second-order valence-corrected chi connectivity index (χ2v) is 9.01. The molecule has 2 fully saturated rings. The van der Waals surface area contributed by atoms with Crippen molar-refractivity contribution in [3.05, 3.63) is 95.2 Å². The highest BCUT2D eigenvalue weighted by molar-refractivity contribution is 6.09. The number of hydrogen-bond donors (Lipinski definition) is 1. The third-order valence-electron chi connectivity index (χ3n) is 6.94. The van der Waals surface area contributed by atoms with Gasteiger partial charge in [0, 0.05) is 32.4 Å². The molecule has 1 N–H and O–H groups in total. The van der Waals surface area contributed by atoms with E-state index in [1.165, 1.54) is 4.90 Å². The molecule has 3 heterocycles. The smallest absolute Gasteiger partial charge is 0.326 e. The molecule has 174 valence electrons. The first-order valence-electron chi connectivity index (χ1n) is 11.6. The number of hydrogen-bond acceptors (Lipinski definition) is 5. The number of benzene rings is 2. The summed E-state index contributed by atoms with van der Waals surface area (Å²) in [6.07, 6.45) is 1.80. The third kappa shape index (κ3) is 3.82. The molecule has 3 amide bonds. The molecular formula is C27H29N5O2. The van der Waals surface area contributed by atoms with Gasteiger partial charge >= 0.3 is 6.03 Å². The molecule has 2 aliphatic rings. The first-order chi connectivity index (χ1) is 16.5. The van der Waals surface area contributed by atoms with E-state index >= 15 is 0 Å². The lowest BCUT2D eigenvalue weighted by Gasteiger charge is -2.36. The van der Waals surface area contributed by atoms with Crippen LogP contribution >= 0.6 is 0 Å². The highest BCUT2D eigenvalue weighted by Gasteiger charge is 2.54. The molecule has 0 unspecified atom stereocenters. The maximum absolute atomic E-state index is 14.0. The molecule has 0 saturated carbocycles. The zero-order valence-electron chi connectivity index (χ0n) is 19.6. The van der Waals surface area contributed by atoms with Crippen LogP contribution in [-0.4, -0.2) is 59.6 Å². The van der Waals surface area contributed by atoms with E-state index in [2.05, 4.69) is 20.1 Å². The van der Waals surface area contributed by atoms with Crippen LogP contribution in [0.4, 0.5) is 10.6 Å². The van der Waals surface area contributed by atoms with Crippen molar-refractivity contribution in [3.8, 4) is 0 Å². The molecule has 2 aromatic carbocycles. The lowest BCUT2D eigenvalue weighted by Crippen LogP contribution is -2.52. The number of urea groups is 1. The predicted molar refractivity (Wildman–Crippen MR) is 131 cm³/mol. The highest BCUT2D eigenvalue weighted by atomic mass is 16.2. The molecule has 2 aliphatic heterocycles. The van der Waals surface area contributed by atoms with Crippen LogP contribution in [-0.2, 0) is 10.3 Å². The predicted octanol–water partition coefficient (Wildman–Crippen LogP) is 3.27. The summed E-state index contributed by atoms with van der Waals surface area (Å²) in [6, 6.07) is 21.0. The van der Waals surface area contributed by atoms with Gasteiger partial charge in [0.15, 0.2) is 5.54 Å². The Balaban J connectivity index is 1.39. The second-order valence-electron chi connectivity index (χ2n) is 9.01. The van der Waals surface area contributed by atoms with Crippen LogP contribution < -0.4 is 10.2 Å². The number of anilines is 1. The molecule has 0 bridgehead atoms. The fourth-order valence-corrected chi connectivity index (χ4v) is 4.78. The Kier molecular flexibility index (Phi) is 5.79. The van der Waals surface area contributed by atoms with Crippen molar-refractivity contribution >= 4 is 17.8 Å². The average Bonchev–Trinajstić information content (AvgIpc) is 3.13. The number of carbonyl (C=O) groups excluding carboxylic acids is 2. The van der Waals surface area contributed by atoms with Gasteiger partial charge in [-0.25, -0.2) is 14.7 Å². The fourth-order valence-electron chi connectivity index (χ4n) is 4.78. The van der Waals surface area contributed by atoms with Gasteiger partial charge in [0.05, 0.1) is 6.67 Å². The molecule has 3 aromatic rings. The summed E-state index contributed by atoms with van der Waals surface area (Å²) < 4.78 is 0. The number of amides is 3. The normalized spacial score (nSPS) is 21.1. The Morgan fingerprint density at radius 3 is 2.26 bits per heavy atom. The van der Waals surface area contributed by atoms with E-state index in [4.69, 9.17) is 0 Å². The van der Waals surface area contributed by atoms with Crippen LogP contribution in [0.25, 0.3) is 0 Å². The molecule has 0 spiro atoms. The van der Waals surface area contributed by atoms with Crippen molar-refractivity contribution in [2.45, 2.75) is 19.4 Å². The van der Waals surface area contributed by atoms with Crippen molar-refractivity contribution in [2.24, 2.45) is 0 Å². The van der Waals surface area contributed by atoms with E-state index in [0.717, 1.165) is 54.3 Å². The summed E-state index contributed by atoms with van der Waals surface area (Å²) in [5.74, 6) is 0.717. The van der Waals surface area contributed by atoms with Gasteiger partial charge in [0.2, 0.25) is 0 Å². The lowest BCUT2D eigenvalue weighted by molar-refractivity contribution is -0.131. The first-order valence-corrected chi connectivity index (χ1v) is 11.6. The molecule has 0 aliphatic carbocycles. The Morgan fingerprint density at radius 2 is 1.59 bits per heavy atom. The summed E-state index contributed by atoms with van der Waals surface area (Å²) in [6.45, 7) is 7.41. The summed E-state index contributed by atoms with van der Waals surface area (Å²) in [5, 5.41) is 3.06. The number of aryl methyl sites for hydroxylation is 2. The van der Waals surface area contributed by atoms with E-state index in [1.54, 1.807) is 6.20 Å². The monoisotopic (exact) mass is 455 g/mol.